The van der Waals surface area contributed by atoms with Crippen LogP contribution in [0.25, 0.3) is 0 Å². The standard InChI is InChI=1S/C19H38N2O4/c1-4-18-5-9-21(10-6-18)19(22)7-11-23-13-15-25-16-14-24-12-8-20-17(2)3/h17-18,20H,4-16H2,1-3H3. The number of ether oxygens (including phenoxy) is 3. The van der Waals surface area contributed by atoms with Crippen LogP contribution in [-0.2, 0) is 19.0 Å². The highest BCUT2D eigenvalue weighted by Crippen LogP contribution is 2.20. The Morgan fingerprint density at radius 2 is 1.56 bits per heavy atom. The average molecular weight is 359 g/mol. The lowest BCUT2D eigenvalue weighted by Crippen LogP contribution is -2.38. The lowest BCUT2D eigenvalue weighted by molar-refractivity contribution is -0.133. The molecule has 0 unspecified atom stereocenters. The number of hydrogen-bond donors (Lipinski definition) is 1. The van der Waals surface area contributed by atoms with Crippen molar-refractivity contribution in [2.75, 3.05) is 59.3 Å². The fourth-order valence-corrected chi connectivity index (χ4v) is 2.87. The van der Waals surface area contributed by atoms with Gasteiger partial charge in [0.2, 0.25) is 5.91 Å². The van der Waals surface area contributed by atoms with Gasteiger partial charge in [-0.25, -0.2) is 0 Å². The first-order chi connectivity index (χ1) is 12.1. The Kier molecular flexibility index (Phi) is 12.9. The molecule has 0 spiro atoms. The molecule has 148 valence electrons. The molecular formula is C19H38N2O4. The summed E-state index contributed by atoms with van der Waals surface area (Å²) in [5, 5.41) is 3.29. The number of nitrogens with zero attached hydrogens (tertiary/aromatic N) is 1. The van der Waals surface area contributed by atoms with Gasteiger partial charge in [0.05, 0.1) is 46.1 Å². The summed E-state index contributed by atoms with van der Waals surface area (Å²) >= 11 is 0. The van der Waals surface area contributed by atoms with Crippen LogP contribution in [0.4, 0.5) is 0 Å². The smallest absolute Gasteiger partial charge is 0.224 e. The Labute approximate surface area is 153 Å². The van der Waals surface area contributed by atoms with Gasteiger partial charge in [0.15, 0.2) is 0 Å². The lowest BCUT2D eigenvalue weighted by atomic mass is 9.94. The quantitative estimate of drug-likeness (QED) is 0.482. The second kappa shape index (κ2) is 14.5. The van der Waals surface area contributed by atoms with Gasteiger partial charge < -0.3 is 24.4 Å². The fraction of sp³-hybridized carbons (Fsp3) is 0.947. The van der Waals surface area contributed by atoms with E-state index in [1.165, 1.54) is 6.42 Å². The molecule has 1 rings (SSSR count). The minimum atomic E-state index is 0.221. The van der Waals surface area contributed by atoms with Gasteiger partial charge in [0.25, 0.3) is 0 Å². The van der Waals surface area contributed by atoms with E-state index in [2.05, 4.69) is 26.1 Å². The van der Waals surface area contributed by atoms with E-state index in [-0.39, 0.29) is 5.91 Å². The molecule has 6 heteroatoms. The molecule has 0 radical (unpaired) electrons. The maximum atomic E-state index is 12.1. The Morgan fingerprint density at radius 3 is 2.12 bits per heavy atom. The molecule has 25 heavy (non-hydrogen) atoms. The van der Waals surface area contributed by atoms with Crippen molar-refractivity contribution in [2.45, 2.75) is 52.5 Å². The Morgan fingerprint density at radius 1 is 1.00 bits per heavy atom. The summed E-state index contributed by atoms with van der Waals surface area (Å²) in [5.74, 6) is 1.02. The summed E-state index contributed by atoms with van der Waals surface area (Å²) in [6.07, 6.45) is 3.99. The van der Waals surface area contributed by atoms with Crippen molar-refractivity contribution in [1.29, 1.82) is 0 Å². The number of likely N-dealkylation sites (tertiary alicyclic amines) is 1. The summed E-state index contributed by atoms with van der Waals surface area (Å²) in [6, 6.07) is 0.493. The zero-order chi connectivity index (χ0) is 18.3. The molecule has 0 bridgehead atoms. The van der Waals surface area contributed by atoms with Gasteiger partial charge in [-0.1, -0.05) is 27.2 Å². The van der Waals surface area contributed by atoms with Crippen LogP contribution >= 0.6 is 0 Å². The van der Waals surface area contributed by atoms with Crippen LogP contribution in [0.2, 0.25) is 0 Å². The largest absolute Gasteiger partial charge is 0.379 e. The molecule has 0 atom stereocenters. The lowest BCUT2D eigenvalue weighted by Gasteiger charge is -2.31. The predicted molar refractivity (Wildman–Crippen MR) is 99.8 cm³/mol. The summed E-state index contributed by atoms with van der Waals surface area (Å²) < 4.78 is 16.4. The number of amides is 1. The normalized spacial score (nSPS) is 15.9. The molecule has 0 aliphatic carbocycles. The Balaban J connectivity index is 1.83. The molecule has 1 aliphatic rings. The molecule has 0 aromatic carbocycles. The molecule has 1 fully saturated rings. The summed E-state index contributed by atoms with van der Waals surface area (Å²) in [4.78, 5) is 14.1. The van der Waals surface area contributed by atoms with Crippen LogP contribution in [0, 0.1) is 5.92 Å². The second-order valence-corrected chi connectivity index (χ2v) is 6.93. The molecule has 6 nitrogen and oxygen atoms in total. The van der Waals surface area contributed by atoms with E-state index in [1.807, 2.05) is 4.90 Å². The van der Waals surface area contributed by atoms with Crippen molar-refractivity contribution in [3.8, 4) is 0 Å². The van der Waals surface area contributed by atoms with E-state index >= 15 is 0 Å². The van der Waals surface area contributed by atoms with E-state index in [9.17, 15) is 4.79 Å². The number of piperidine rings is 1. The van der Waals surface area contributed by atoms with E-state index in [4.69, 9.17) is 14.2 Å². The zero-order valence-corrected chi connectivity index (χ0v) is 16.4. The van der Waals surface area contributed by atoms with Gasteiger partial charge in [-0.2, -0.15) is 0 Å². The summed E-state index contributed by atoms with van der Waals surface area (Å²) in [7, 11) is 0. The van der Waals surface area contributed by atoms with Gasteiger partial charge in [-0.3, -0.25) is 4.79 Å². The van der Waals surface area contributed by atoms with Crippen LogP contribution in [0.1, 0.15) is 46.5 Å². The molecule has 0 aromatic rings. The van der Waals surface area contributed by atoms with Crippen LogP contribution in [0.15, 0.2) is 0 Å². The first-order valence-corrected chi connectivity index (χ1v) is 9.87. The molecule has 0 aromatic heterocycles. The molecule has 1 N–H and O–H groups in total. The summed E-state index contributed by atoms with van der Waals surface area (Å²) in [5.41, 5.74) is 0. The van der Waals surface area contributed by atoms with E-state index < -0.39 is 0 Å². The van der Waals surface area contributed by atoms with E-state index in [0.29, 0.717) is 52.1 Å². The topological polar surface area (TPSA) is 60.0 Å². The Hall–Kier alpha value is -0.690. The van der Waals surface area contributed by atoms with Crippen molar-refractivity contribution in [3.63, 3.8) is 0 Å². The van der Waals surface area contributed by atoms with Crippen LogP contribution in [-0.4, -0.2) is 76.1 Å². The number of hydrogen-bond acceptors (Lipinski definition) is 5. The van der Waals surface area contributed by atoms with Crippen molar-refractivity contribution >= 4 is 5.91 Å². The molecule has 1 aliphatic heterocycles. The van der Waals surface area contributed by atoms with Crippen LogP contribution in [0.3, 0.4) is 0 Å². The van der Waals surface area contributed by atoms with E-state index in [1.54, 1.807) is 0 Å². The van der Waals surface area contributed by atoms with Crippen molar-refractivity contribution in [1.82, 2.24) is 10.2 Å². The monoisotopic (exact) mass is 358 g/mol. The second-order valence-electron chi connectivity index (χ2n) is 6.93. The predicted octanol–water partition coefficient (Wildman–Crippen LogP) is 2.07. The fourth-order valence-electron chi connectivity index (χ4n) is 2.87. The van der Waals surface area contributed by atoms with Gasteiger partial charge in [-0.05, 0) is 18.8 Å². The highest BCUT2D eigenvalue weighted by Gasteiger charge is 2.21. The molecule has 0 saturated carbocycles. The number of carbonyl (C=O) groups is 1. The third kappa shape index (κ3) is 11.5. The Bertz CT molecular complexity index is 331. The maximum Gasteiger partial charge on any atom is 0.224 e. The highest BCUT2D eigenvalue weighted by atomic mass is 16.5. The van der Waals surface area contributed by atoms with Crippen molar-refractivity contribution < 1.29 is 19.0 Å². The first kappa shape index (κ1) is 22.4. The third-order valence-electron chi connectivity index (χ3n) is 4.55. The molecule has 1 heterocycles. The van der Waals surface area contributed by atoms with Gasteiger partial charge >= 0.3 is 0 Å². The number of rotatable bonds is 14. The maximum absolute atomic E-state index is 12.1. The molecular weight excluding hydrogens is 320 g/mol. The van der Waals surface area contributed by atoms with Crippen molar-refractivity contribution in [3.05, 3.63) is 0 Å². The summed E-state index contributed by atoms with van der Waals surface area (Å²) in [6.45, 7) is 12.6. The van der Waals surface area contributed by atoms with Crippen LogP contribution in [0.5, 0.6) is 0 Å². The molecule has 1 amide bonds. The minimum absolute atomic E-state index is 0.221. The van der Waals surface area contributed by atoms with Crippen LogP contribution < -0.4 is 5.32 Å². The number of carbonyl (C=O) groups excluding carboxylic acids is 1. The first-order valence-electron chi connectivity index (χ1n) is 9.87. The SMILES string of the molecule is CCC1CCN(C(=O)CCOCCOCCOCCNC(C)C)CC1. The minimum Gasteiger partial charge on any atom is -0.379 e. The zero-order valence-electron chi connectivity index (χ0n) is 16.4. The molecule has 1 saturated heterocycles. The van der Waals surface area contributed by atoms with Crippen molar-refractivity contribution in [2.24, 2.45) is 5.92 Å². The highest BCUT2D eigenvalue weighted by molar-refractivity contribution is 5.76. The number of nitrogens with one attached hydrogen (secondary N) is 1. The third-order valence-corrected chi connectivity index (χ3v) is 4.55. The van der Waals surface area contributed by atoms with Gasteiger partial charge in [0, 0.05) is 25.7 Å². The van der Waals surface area contributed by atoms with Gasteiger partial charge in [0.1, 0.15) is 0 Å². The van der Waals surface area contributed by atoms with E-state index in [0.717, 1.165) is 38.4 Å². The van der Waals surface area contributed by atoms with Gasteiger partial charge in [-0.15, -0.1) is 0 Å². The average Bonchev–Trinajstić information content (AvgIpc) is 2.62.